The van der Waals surface area contributed by atoms with Gasteiger partial charge in [0.05, 0.1) is 0 Å². The molecule has 0 bridgehead atoms. The van der Waals surface area contributed by atoms with Gasteiger partial charge in [0, 0.05) is 5.54 Å². The average molecular weight is 265 g/mol. The van der Waals surface area contributed by atoms with Crippen LogP contribution in [0.15, 0.2) is 0 Å². The number of rotatable bonds is 0. The monoisotopic (exact) mass is 265 g/mol. The molecule has 0 aromatic heterocycles. The van der Waals surface area contributed by atoms with E-state index in [1.165, 1.54) is 83.6 Å². The molecule has 2 aliphatic rings. The predicted octanol–water partition coefficient (Wildman–Crippen LogP) is 5.30. The van der Waals surface area contributed by atoms with Gasteiger partial charge < -0.3 is 5.32 Å². The molecule has 0 radical (unpaired) electrons. The summed E-state index contributed by atoms with van der Waals surface area (Å²) in [5.74, 6) is 1.84. The van der Waals surface area contributed by atoms with Gasteiger partial charge in [-0.25, -0.2) is 0 Å². The van der Waals surface area contributed by atoms with Crippen molar-refractivity contribution in [2.45, 2.75) is 96.4 Å². The van der Waals surface area contributed by atoms with E-state index in [9.17, 15) is 0 Å². The van der Waals surface area contributed by atoms with Crippen LogP contribution in [0.4, 0.5) is 0 Å². The van der Waals surface area contributed by atoms with E-state index in [0.717, 1.165) is 11.8 Å². The Kier molecular flexibility index (Phi) is 6.19. The van der Waals surface area contributed by atoms with Crippen molar-refractivity contribution in [3.8, 4) is 0 Å². The van der Waals surface area contributed by atoms with Crippen molar-refractivity contribution in [3.63, 3.8) is 0 Å². The molecule has 1 N–H and O–H groups in total. The van der Waals surface area contributed by atoms with Gasteiger partial charge in [-0.1, -0.05) is 65.2 Å². The minimum atomic E-state index is 0.507. The second-order valence-electron chi connectivity index (χ2n) is 7.50. The molecule has 2 unspecified atom stereocenters. The maximum Gasteiger partial charge on any atom is 0.0186 e. The Hall–Kier alpha value is -0.0400. The maximum absolute atomic E-state index is 3.99. The standard InChI is InChI=1S/C18H35N/c1-16-14-18(15-17(16)2)12-10-8-6-4-3-5-7-9-11-13-19-18/h16-17,19H,3-15H2,1-2H3. The van der Waals surface area contributed by atoms with Crippen LogP contribution < -0.4 is 5.32 Å². The number of hydrogen-bond donors (Lipinski definition) is 1. The summed E-state index contributed by atoms with van der Waals surface area (Å²) in [6.45, 7) is 6.18. The molecule has 1 heteroatoms. The summed E-state index contributed by atoms with van der Waals surface area (Å²) >= 11 is 0. The minimum absolute atomic E-state index is 0.507. The lowest BCUT2D eigenvalue weighted by molar-refractivity contribution is 0.285. The summed E-state index contributed by atoms with van der Waals surface area (Å²) in [5, 5.41) is 3.99. The van der Waals surface area contributed by atoms with Crippen LogP contribution in [0, 0.1) is 11.8 Å². The second-order valence-corrected chi connectivity index (χ2v) is 7.50. The van der Waals surface area contributed by atoms with Crippen molar-refractivity contribution in [1.82, 2.24) is 5.32 Å². The van der Waals surface area contributed by atoms with E-state index < -0.39 is 0 Å². The third-order valence-corrected chi connectivity index (χ3v) is 5.73. The summed E-state index contributed by atoms with van der Waals surface area (Å²) in [5.41, 5.74) is 0.507. The van der Waals surface area contributed by atoms with E-state index >= 15 is 0 Å². The lowest BCUT2D eigenvalue weighted by Crippen LogP contribution is -2.43. The fourth-order valence-electron chi connectivity index (χ4n) is 4.33. The van der Waals surface area contributed by atoms with Gasteiger partial charge in [-0.3, -0.25) is 0 Å². The topological polar surface area (TPSA) is 12.0 Å². The van der Waals surface area contributed by atoms with Gasteiger partial charge in [0.15, 0.2) is 0 Å². The molecule has 1 aliphatic carbocycles. The van der Waals surface area contributed by atoms with Crippen LogP contribution in [-0.2, 0) is 0 Å². The highest BCUT2D eigenvalue weighted by Gasteiger charge is 2.40. The molecule has 2 rings (SSSR count). The van der Waals surface area contributed by atoms with Crippen LogP contribution in [0.1, 0.15) is 90.9 Å². The largest absolute Gasteiger partial charge is 0.311 e. The van der Waals surface area contributed by atoms with Gasteiger partial charge in [0.1, 0.15) is 0 Å². The summed E-state index contributed by atoms with van der Waals surface area (Å²) in [6.07, 6.45) is 17.4. The second kappa shape index (κ2) is 7.67. The summed E-state index contributed by atoms with van der Waals surface area (Å²) in [4.78, 5) is 0. The van der Waals surface area contributed by atoms with Crippen LogP contribution in [0.2, 0.25) is 0 Å². The Balaban J connectivity index is 1.88. The lowest BCUT2D eigenvalue weighted by atomic mass is 9.88. The molecule has 1 nitrogen and oxygen atoms in total. The van der Waals surface area contributed by atoms with Crippen LogP contribution in [0.25, 0.3) is 0 Å². The highest BCUT2D eigenvalue weighted by molar-refractivity contribution is 4.97. The summed E-state index contributed by atoms with van der Waals surface area (Å²) < 4.78 is 0. The molecular formula is C18H35N. The van der Waals surface area contributed by atoms with Crippen molar-refractivity contribution in [3.05, 3.63) is 0 Å². The first-order chi connectivity index (χ1) is 9.22. The number of hydrogen-bond acceptors (Lipinski definition) is 1. The molecule has 0 aromatic carbocycles. The first kappa shape index (κ1) is 15.4. The molecule has 1 aliphatic heterocycles. The molecule has 1 saturated carbocycles. The Morgan fingerprint density at radius 2 is 1.16 bits per heavy atom. The van der Waals surface area contributed by atoms with E-state index in [2.05, 4.69) is 19.2 Å². The molecule has 0 aromatic rings. The molecular weight excluding hydrogens is 230 g/mol. The predicted molar refractivity (Wildman–Crippen MR) is 84.5 cm³/mol. The van der Waals surface area contributed by atoms with Gasteiger partial charge in [-0.05, 0) is 44.1 Å². The van der Waals surface area contributed by atoms with Gasteiger partial charge in [0.25, 0.3) is 0 Å². The Morgan fingerprint density at radius 1 is 0.684 bits per heavy atom. The van der Waals surface area contributed by atoms with Crippen molar-refractivity contribution in [2.75, 3.05) is 6.54 Å². The smallest absolute Gasteiger partial charge is 0.0186 e. The van der Waals surface area contributed by atoms with Gasteiger partial charge in [0.2, 0.25) is 0 Å². The van der Waals surface area contributed by atoms with Gasteiger partial charge in [-0.15, -0.1) is 0 Å². The minimum Gasteiger partial charge on any atom is -0.311 e. The van der Waals surface area contributed by atoms with Crippen molar-refractivity contribution in [1.29, 1.82) is 0 Å². The summed E-state index contributed by atoms with van der Waals surface area (Å²) in [6, 6.07) is 0. The lowest BCUT2D eigenvalue weighted by Gasteiger charge is -2.31. The third-order valence-electron chi connectivity index (χ3n) is 5.73. The number of nitrogens with one attached hydrogen (secondary N) is 1. The molecule has 1 heterocycles. The van der Waals surface area contributed by atoms with Gasteiger partial charge >= 0.3 is 0 Å². The molecule has 2 atom stereocenters. The average Bonchev–Trinajstić information content (AvgIpc) is 2.67. The molecule has 19 heavy (non-hydrogen) atoms. The quantitative estimate of drug-likeness (QED) is 0.627. The van der Waals surface area contributed by atoms with Crippen molar-refractivity contribution < 1.29 is 0 Å². The highest BCUT2D eigenvalue weighted by Crippen LogP contribution is 2.42. The van der Waals surface area contributed by atoms with E-state index in [0.29, 0.717) is 5.54 Å². The molecule has 112 valence electrons. The fraction of sp³-hybridized carbons (Fsp3) is 1.00. The first-order valence-corrected chi connectivity index (χ1v) is 8.97. The molecule has 0 amide bonds. The van der Waals surface area contributed by atoms with E-state index in [4.69, 9.17) is 0 Å². The third kappa shape index (κ3) is 4.77. The maximum atomic E-state index is 3.99. The zero-order chi connectivity index (χ0) is 13.6. The van der Waals surface area contributed by atoms with Crippen LogP contribution in [0.3, 0.4) is 0 Å². The van der Waals surface area contributed by atoms with Crippen LogP contribution in [0.5, 0.6) is 0 Å². The van der Waals surface area contributed by atoms with Crippen LogP contribution >= 0.6 is 0 Å². The zero-order valence-electron chi connectivity index (χ0n) is 13.3. The Morgan fingerprint density at radius 3 is 1.74 bits per heavy atom. The summed E-state index contributed by atoms with van der Waals surface area (Å²) in [7, 11) is 0. The fourth-order valence-corrected chi connectivity index (χ4v) is 4.33. The van der Waals surface area contributed by atoms with Crippen molar-refractivity contribution in [2.24, 2.45) is 11.8 Å². The Bertz CT molecular complexity index is 222. The van der Waals surface area contributed by atoms with E-state index in [1.54, 1.807) is 0 Å². The van der Waals surface area contributed by atoms with Crippen LogP contribution in [-0.4, -0.2) is 12.1 Å². The normalized spacial score (nSPS) is 39.5. The molecule has 2 fully saturated rings. The first-order valence-electron chi connectivity index (χ1n) is 8.97. The van der Waals surface area contributed by atoms with Crippen molar-refractivity contribution >= 4 is 0 Å². The highest BCUT2D eigenvalue weighted by atomic mass is 15.0. The SMILES string of the molecule is CC1CC2(CCCCCCCCCCCN2)CC1C. The van der Waals surface area contributed by atoms with Gasteiger partial charge in [-0.2, -0.15) is 0 Å². The molecule has 1 spiro atoms. The zero-order valence-corrected chi connectivity index (χ0v) is 13.3. The van der Waals surface area contributed by atoms with E-state index in [-0.39, 0.29) is 0 Å². The molecule has 1 saturated heterocycles. The Labute approximate surface area is 120 Å². The van der Waals surface area contributed by atoms with E-state index in [1.807, 2.05) is 0 Å².